The lowest BCUT2D eigenvalue weighted by atomic mass is 10.1. The fraction of sp³-hybridized carbons (Fsp3) is 0.667. The van der Waals surface area contributed by atoms with Gasteiger partial charge in [0.05, 0.1) is 0 Å². The maximum atomic E-state index is 10.6. The fourth-order valence-electron chi connectivity index (χ4n) is 0.947. The zero-order valence-electron chi connectivity index (χ0n) is 8.05. The van der Waals surface area contributed by atoms with Crippen molar-refractivity contribution in [2.45, 2.75) is 18.9 Å². The van der Waals surface area contributed by atoms with Gasteiger partial charge in [0.1, 0.15) is 12.3 Å². The summed E-state index contributed by atoms with van der Waals surface area (Å²) in [7, 11) is -4.60. The Morgan fingerprint density at radius 2 is 1.75 bits per heavy atom. The Hall–Kier alpha value is -0.990. The van der Waals surface area contributed by atoms with E-state index in [1.807, 2.05) is 0 Å². The zero-order chi connectivity index (χ0) is 12.9. The summed E-state index contributed by atoms with van der Waals surface area (Å²) in [6, 6.07) is -1.66. The Kier molecular flexibility index (Phi) is 5.56. The molecule has 5 N–H and O–H groups in total. The van der Waals surface area contributed by atoms with Crippen molar-refractivity contribution in [1.82, 2.24) is 5.06 Å². The van der Waals surface area contributed by atoms with E-state index in [2.05, 4.69) is 0 Å². The molecule has 0 radical (unpaired) electrons. The van der Waals surface area contributed by atoms with Crippen molar-refractivity contribution in [3.8, 4) is 0 Å². The van der Waals surface area contributed by atoms with Crippen LogP contribution in [0, 0.1) is 0 Å². The Morgan fingerprint density at radius 3 is 2.06 bits per heavy atom. The van der Waals surface area contributed by atoms with Gasteiger partial charge >= 0.3 is 19.5 Å². The van der Waals surface area contributed by atoms with Gasteiger partial charge in [-0.1, -0.05) is 0 Å². The second-order valence-electron chi connectivity index (χ2n) is 3.03. The highest BCUT2D eigenvalue weighted by Gasteiger charge is 2.30. The first-order valence-corrected chi connectivity index (χ1v) is 5.88. The van der Waals surface area contributed by atoms with Gasteiger partial charge < -0.3 is 25.2 Å². The lowest BCUT2D eigenvalue weighted by Gasteiger charge is -2.21. The molecule has 16 heavy (non-hydrogen) atoms. The average Bonchev–Trinajstić information content (AvgIpc) is 1.98. The molecule has 1 unspecified atom stereocenters. The molecule has 0 spiro atoms. The zero-order valence-corrected chi connectivity index (χ0v) is 8.95. The summed E-state index contributed by atoms with van der Waals surface area (Å²) in [6.45, 7) is 0. The number of hydroxylamine groups is 2. The molecule has 0 aliphatic carbocycles. The molecule has 0 aliphatic heterocycles. The molecule has 9 nitrogen and oxygen atoms in total. The highest BCUT2D eigenvalue weighted by Crippen LogP contribution is 2.35. The molecule has 0 saturated carbocycles. The van der Waals surface area contributed by atoms with E-state index in [4.69, 9.17) is 25.2 Å². The van der Waals surface area contributed by atoms with Gasteiger partial charge in [0.2, 0.25) is 0 Å². The van der Waals surface area contributed by atoms with Crippen LogP contribution in [0.3, 0.4) is 0 Å². The summed E-state index contributed by atoms with van der Waals surface area (Å²) in [6.07, 6.45) is -2.15. The van der Waals surface area contributed by atoms with Crippen molar-refractivity contribution < 1.29 is 39.4 Å². The van der Waals surface area contributed by atoms with Gasteiger partial charge in [-0.25, -0.2) is 0 Å². The smallest absolute Gasteiger partial charge is 0.341 e. The molecule has 0 aromatic rings. The fourth-order valence-corrected chi connectivity index (χ4v) is 1.52. The number of aliphatic carboxylic acids is 2. The van der Waals surface area contributed by atoms with Crippen molar-refractivity contribution in [1.29, 1.82) is 0 Å². The second-order valence-corrected chi connectivity index (χ2v) is 4.64. The summed E-state index contributed by atoms with van der Waals surface area (Å²) in [5.74, 6) is -2.83. The normalized spacial score (nSPS) is 13.8. The van der Waals surface area contributed by atoms with Crippen LogP contribution in [0.1, 0.15) is 12.8 Å². The first-order chi connectivity index (χ1) is 7.13. The Morgan fingerprint density at radius 1 is 1.25 bits per heavy atom. The van der Waals surface area contributed by atoms with Gasteiger partial charge in [0, 0.05) is 6.42 Å². The molecule has 0 heterocycles. The number of carbonyl (C=O) groups is 2. The van der Waals surface area contributed by atoms with E-state index in [0.717, 1.165) is 0 Å². The third kappa shape index (κ3) is 6.49. The monoisotopic (exact) mass is 257 g/mol. The van der Waals surface area contributed by atoms with Crippen LogP contribution in [0.15, 0.2) is 0 Å². The summed E-state index contributed by atoms with van der Waals surface area (Å²) >= 11 is 0. The first kappa shape index (κ1) is 15.0. The molecule has 0 aromatic carbocycles. The average molecular weight is 257 g/mol. The summed E-state index contributed by atoms with van der Waals surface area (Å²) in [4.78, 5) is 37.8. The minimum atomic E-state index is -4.60. The highest BCUT2D eigenvalue weighted by molar-refractivity contribution is 7.51. The van der Waals surface area contributed by atoms with Gasteiger partial charge in [-0.3, -0.25) is 14.2 Å². The molecule has 0 amide bonds. The Balaban J connectivity index is 4.47. The molecule has 94 valence electrons. The molecular weight excluding hydrogens is 245 g/mol. The summed E-state index contributed by atoms with van der Waals surface area (Å²) in [5.41, 5.74) is 0. The van der Waals surface area contributed by atoms with Crippen molar-refractivity contribution in [2.24, 2.45) is 0 Å². The maximum Gasteiger partial charge on any atom is 0.341 e. The lowest BCUT2D eigenvalue weighted by molar-refractivity contribution is -0.167. The van der Waals surface area contributed by atoms with Gasteiger partial charge in [-0.05, 0) is 6.42 Å². The van der Waals surface area contributed by atoms with Crippen molar-refractivity contribution in [2.75, 3.05) is 6.29 Å². The highest BCUT2D eigenvalue weighted by atomic mass is 31.2. The van der Waals surface area contributed by atoms with E-state index in [1.165, 1.54) is 0 Å². The second kappa shape index (κ2) is 5.92. The Labute approximate surface area is 90.0 Å². The summed E-state index contributed by atoms with van der Waals surface area (Å²) < 4.78 is 10.5. The van der Waals surface area contributed by atoms with E-state index in [1.54, 1.807) is 0 Å². The molecule has 1 atom stereocenters. The number of carboxylic acids is 2. The van der Waals surface area contributed by atoms with Gasteiger partial charge in [-0.15, -0.1) is 0 Å². The molecule has 0 aliphatic rings. The van der Waals surface area contributed by atoms with Crippen molar-refractivity contribution in [3.05, 3.63) is 0 Å². The molecule has 0 aromatic heterocycles. The van der Waals surface area contributed by atoms with Gasteiger partial charge in [0.25, 0.3) is 0 Å². The van der Waals surface area contributed by atoms with Crippen LogP contribution in [0.4, 0.5) is 0 Å². The lowest BCUT2D eigenvalue weighted by Crippen LogP contribution is -2.39. The molecule has 10 heteroatoms. The predicted octanol–water partition coefficient (Wildman–Crippen LogP) is -0.869. The third-order valence-electron chi connectivity index (χ3n) is 1.61. The molecular formula is C6H12NO8P. The predicted molar refractivity (Wildman–Crippen MR) is 48.8 cm³/mol. The van der Waals surface area contributed by atoms with Crippen LogP contribution in [0.2, 0.25) is 0 Å². The van der Waals surface area contributed by atoms with Crippen LogP contribution < -0.4 is 0 Å². The SMILES string of the molecule is O=C(O)CCC(C(=O)O)N(O)CP(=O)(O)O. The minimum Gasteiger partial charge on any atom is -0.481 e. The van der Waals surface area contributed by atoms with Crippen molar-refractivity contribution in [3.63, 3.8) is 0 Å². The maximum absolute atomic E-state index is 10.6. The van der Waals surface area contributed by atoms with E-state index < -0.39 is 44.7 Å². The van der Waals surface area contributed by atoms with E-state index in [0.29, 0.717) is 0 Å². The van der Waals surface area contributed by atoms with Crippen LogP contribution >= 0.6 is 7.60 Å². The molecule has 0 bridgehead atoms. The van der Waals surface area contributed by atoms with Crippen LogP contribution in [-0.4, -0.2) is 54.5 Å². The van der Waals surface area contributed by atoms with Crippen molar-refractivity contribution >= 4 is 19.5 Å². The quantitative estimate of drug-likeness (QED) is 0.289. The van der Waals surface area contributed by atoms with Crippen LogP contribution in [-0.2, 0) is 14.2 Å². The van der Waals surface area contributed by atoms with Crippen LogP contribution in [0.25, 0.3) is 0 Å². The first-order valence-electron chi connectivity index (χ1n) is 4.08. The third-order valence-corrected chi connectivity index (χ3v) is 2.26. The minimum absolute atomic E-state index is 0.0634. The number of rotatable bonds is 7. The molecule has 0 fully saturated rings. The largest absolute Gasteiger partial charge is 0.481 e. The van der Waals surface area contributed by atoms with Crippen LogP contribution in [0.5, 0.6) is 0 Å². The standard InChI is InChI=1S/C6H12NO8P/c8-5(9)2-1-4(6(10)11)7(12)3-16(13,14)15/h4,12H,1-3H2,(H,8,9)(H,10,11)(H2,13,14,15). The number of carboxylic acid groups (broad SMARTS) is 2. The van der Waals surface area contributed by atoms with E-state index in [-0.39, 0.29) is 5.06 Å². The van der Waals surface area contributed by atoms with Gasteiger partial charge in [0.15, 0.2) is 0 Å². The molecule has 0 rings (SSSR count). The number of hydrogen-bond donors (Lipinski definition) is 5. The number of nitrogens with zero attached hydrogens (tertiary/aromatic N) is 1. The Bertz CT molecular complexity index is 312. The van der Waals surface area contributed by atoms with Gasteiger partial charge in [-0.2, -0.15) is 5.06 Å². The van der Waals surface area contributed by atoms with E-state index in [9.17, 15) is 14.2 Å². The summed E-state index contributed by atoms with van der Waals surface area (Å²) in [5, 5.41) is 25.9. The topological polar surface area (TPSA) is 156 Å². The van der Waals surface area contributed by atoms with E-state index >= 15 is 0 Å². The number of hydrogen-bond acceptors (Lipinski definition) is 5. The molecule has 0 saturated heterocycles.